The van der Waals surface area contributed by atoms with Crippen molar-refractivity contribution in [2.45, 2.75) is 25.9 Å². The molecule has 6 rings (SSSR count). The van der Waals surface area contributed by atoms with Gasteiger partial charge in [0.25, 0.3) is 5.91 Å². The van der Waals surface area contributed by atoms with Crippen LogP contribution in [0.25, 0.3) is 21.9 Å². The maximum atomic E-state index is 13.9. The van der Waals surface area contributed by atoms with Crippen LogP contribution in [0, 0.1) is 0 Å². The quantitative estimate of drug-likeness (QED) is 0.270. The molecule has 3 heterocycles. The highest BCUT2D eigenvalue weighted by Gasteiger charge is 2.25. The molecule has 1 fully saturated rings. The van der Waals surface area contributed by atoms with Crippen molar-refractivity contribution in [3.63, 3.8) is 0 Å². The Morgan fingerprint density at radius 2 is 1.62 bits per heavy atom. The van der Waals surface area contributed by atoms with Gasteiger partial charge in [-0.25, -0.2) is 4.98 Å². The predicted molar refractivity (Wildman–Crippen MR) is 157 cm³/mol. The Kier molecular flexibility index (Phi) is 7.28. The van der Waals surface area contributed by atoms with E-state index in [2.05, 4.69) is 105 Å². The van der Waals surface area contributed by atoms with Crippen molar-refractivity contribution >= 4 is 16.7 Å². The van der Waals surface area contributed by atoms with E-state index < -0.39 is 0 Å². The molecule has 1 aliphatic rings. The van der Waals surface area contributed by atoms with Crippen molar-refractivity contribution in [2.75, 3.05) is 33.2 Å². The summed E-state index contributed by atoms with van der Waals surface area (Å²) in [6.07, 6.45) is 10.1. The van der Waals surface area contributed by atoms with Crippen LogP contribution >= 0.6 is 0 Å². The number of fused-ring (bicyclic) bond motifs is 1. The molecule has 1 aliphatic heterocycles. The number of carbonyl (C=O) groups is 1. The monoisotopic (exact) mass is 517 g/mol. The summed E-state index contributed by atoms with van der Waals surface area (Å²) in [5, 5.41) is 2.34. The minimum absolute atomic E-state index is 0.112. The minimum Gasteiger partial charge on any atom is -0.347 e. The van der Waals surface area contributed by atoms with Crippen LogP contribution in [0.1, 0.15) is 28.0 Å². The molecule has 3 aromatic carbocycles. The number of nitrogens with zero attached hydrogens (tertiary/aromatic N) is 5. The van der Waals surface area contributed by atoms with Crippen molar-refractivity contribution < 1.29 is 4.79 Å². The number of amides is 1. The molecule has 1 amide bonds. The Morgan fingerprint density at radius 3 is 2.46 bits per heavy atom. The summed E-state index contributed by atoms with van der Waals surface area (Å²) in [4.78, 5) is 22.6. The van der Waals surface area contributed by atoms with Gasteiger partial charge in [-0.1, -0.05) is 72.8 Å². The molecule has 5 aromatic rings. The highest BCUT2D eigenvalue weighted by Crippen LogP contribution is 2.33. The Balaban J connectivity index is 1.29. The lowest BCUT2D eigenvalue weighted by Crippen LogP contribution is -2.47. The third-order valence-electron chi connectivity index (χ3n) is 7.83. The van der Waals surface area contributed by atoms with Crippen LogP contribution in [-0.2, 0) is 19.5 Å². The Labute approximate surface area is 230 Å². The van der Waals surface area contributed by atoms with E-state index in [4.69, 9.17) is 0 Å². The number of rotatable bonds is 8. The number of aromatic nitrogens is 3. The number of imidazole rings is 1. The van der Waals surface area contributed by atoms with Gasteiger partial charge in [-0.05, 0) is 41.8 Å². The summed E-state index contributed by atoms with van der Waals surface area (Å²) < 4.78 is 4.40. The fraction of sp³-hybridized carbons (Fsp3) is 0.273. The van der Waals surface area contributed by atoms with Gasteiger partial charge in [0.2, 0.25) is 0 Å². The third-order valence-corrected chi connectivity index (χ3v) is 7.83. The fourth-order valence-corrected chi connectivity index (χ4v) is 5.59. The molecule has 0 spiro atoms. The topological polar surface area (TPSA) is 46.3 Å². The predicted octanol–water partition coefficient (Wildman–Crippen LogP) is 5.57. The number of carbonyl (C=O) groups excluding carboxylic acids is 1. The molecule has 0 N–H and O–H groups in total. The first-order chi connectivity index (χ1) is 19.2. The molecule has 0 atom stereocenters. The smallest absolute Gasteiger partial charge is 0.256 e. The van der Waals surface area contributed by atoms with E-state index in [0.717, 1.165) is 73.3 Å². The Morgan fingerprint density at radius 1 is 0.846 bits per heavy atom. The van der Waals surface area contributed by atoms with Gasteiger partial charge in [-0.2, -0.15) is 0 Å². The van der Waals surface area contributed by atoms with Crippen molar-refractivity contribution in [2.24, 2.45) is 0 Å². The standard InChI is InChI=1S/C33H35N5O/c1-35-17-19-37(20-18-35)33(39)32-24-36(23-31(32)30-15-7-13-27-12-5-6-14-29(27)30)22-28-21-34-25-38(28)16-8-11-26-9-3-2-4-10-26/h2-7,9-10,12-15,21,23-25H,8,11,16-20,22H2,1H3. The summed E-state index contributed by atoms with van der Waals surface area (Å²) in [7, 11) is 2.11. The second-order valence-corrected chi connectivity index (χ2v) is 10.5. The van der Waals surface area contributed by atoms with Crippen LogP contribution < -0.4 is 0 Å². The minimum atomic E-state index is 0.112. The van der Waals surface area contributed by atoms with E-state index >= 15 is 0 Å². The zero-order valence-electron chi connectivity index (χ0n) is 22.5. The van der Waals surface area contributed by atoms with Crippen LogP contribution in [0.4, 0.5) is 0 Å². The first-order valence-corrected chi connectivity index (χ1v) is 13.8. The van der Waals surface area contributed by atoms with E-state index in [9.17, 15) is 4.79 Å². The molecule has 39 heavy (non-hydrogen) atoms. The van der Waals surface area contributed by atoms with Crippen molar-refractivity contribution in [3.05, 3.63) is 115 Å². The molecule has 198 valence electrons. The molecule has 0 unspecified atom stereocenters. The molecular formula is C33H35N5O. The largest absolute Gasteiger partial charge is 0.347 e. The Hall–Kier alpha value is -4.16. The highest BCUT2D eigenvalue weighted by molar-refractivity contribution is 6.06. The van der Waals surface area contributed by atoms with Gasteiger partial charge in [-0.3, -0.25) is 4.79 Å². The molecule has 0 saturated carbocycles. The van der Waals surface area contributed by atoms with Gasteiger partial charge in [0.1, 0.15) is 0 Å². The summed E-state index contributed by atoms with van der Waals surface area (Å²) in [5.41, 5.74) is 5.36. The highest BCUT2D eigenvalue weighted by atomic mass is 16.2. The zero-order chi connectivity index (χ0) is 26.6. The van der Waals surface area contributed by atoms with Crippen LogP contribution in [0.5, 0.6) is 0 Å². The van der Waals surface area contributed by atoms with Crippen molar-refractivity contribution in [1.29, 1.82) is 0 Å². The van der Waals surface area contributed by atoms with Crippen LogP contribution in [0.15, 0.2) is 97.7 Å². The summed E-state index contributed by atoms with van der Waals surface area (Å²) in [6, 6.07) is 25.4. The van der Waals surface area contributed by atoms with Crippen LogP contribution in [0.2, 0.25) is 0 Å². The van der Waals surface area contributed by atoms with Gasteiger partial charge in [0, 0.05) is 56.9 Å². The van der Waals surface area contributed by atoms with E-state index in [0.29, 0.717) is 6.54 Å². The first-order valence-electron chi connectivity index (χ1n) is 13.8. The van der Waals surface area contributed by atoms with Gasteiger partial charge in [0.15, 0.2) is 0 Å². The summed E-state index contributed by atoms with van der Waals surface area (Å²) in [5.74, 6) is 0.112. The van der Waals surface area contributed by atoms with E-state index in [1.54, 1.807) is 0 Å². The maximum absolute atomic E-state index is 13.9. The molecule has 2 aromatic heterocycles. The average molecular weight is 518 g/mol. The molecule has 6 nitrogen and oxygen atoms in total. The lowest BCUT2D eigenvalue weighted by atomic mass is 9.97. The fourth-order valence-electron chi connectivity index (χ4n) is 5.59. The van der Waals surface area contributed by atoms with E-state index in [1.807, 2.05) is 23.6 Å². The lowest BCUT2D eigenvalue weighted by Gasteiger charge is -2.32. The lowest BCUT2D eigenvalue weighted by molar-refractivity contribution is 0.0665. The molecule has 1 saturated heterocycles. The number of piperazine rings is 1. The molecule has 0 bridgehead atoms. The second-order valence-electron chi connectivity index (χ2n) is 10.5. The molecular weight excluding hydrogens is 482 g/mol. The van der Waals surface area contributed by atoms with E-state index in [1.165, 1.54) is 10.9 Å². The first kappa shape index (κ1) is 25.1. The molecule has 0 aliphatic carbocycles. The maximum Gasteiger partial charge on any atom is 0.256 e. The number of hydrogen-bond acceptors (Lipinski definition) is 3. The van der Waals surface area contributed by atoms with Gasteiger partial charge >= 0.3 is 0 Å². The number of benzene rings is 3. The normalized spacial score (nSPS) is 14.2. The third kappa shape index (κ3) is 5.52. The molecule has 0 radical (unpaired) electrons. The van der Waals surface area contributed by atoms with Crippen LogP contribution in [0.3, 0.4) is 0 Å². The van der Waals surface area contributed by atoms with Gasteiger partial charge in [-0.15, -0.1) is 0 Å². The number of likely N-dealkylation sites (N-methyl/N-ethyl adjacent to an activating group) is 1. The van der Waals surface area contributed by atoms with Crippen LogP contribution in [-0.4, -0.2) is 63.1 Å². The van der Waals surface area contributed by atoms with Gasteiger partial charge in [0.05, 0.1) is 24.1 Å². The Bertz CT molecular complexity index is 1550. The zero-order valence-corrected chi connectivity index (χ0v) is 22.5. The average Bonchev–Trinajstić information content (AvgIpc) is 3.60. The number of hydrogen-bond donors (Lipinski definition) is 0. The van der Waals surface area contributed by atoms with E-state index in [-0.39, 0.29) is 5.91 Å². The SMILES string of the molecule is CN1CCN(C(=O)c2cn(Cc3cncn3CCCc3ccccc3)cc2-c2cccc3ccccc23)CC1. The van der Waals surface area contributed by atoms with Gasteiger partial charge < -0.3 is 18.9 Å². The van der Waals surface area contributed by atoms with Crippen molar-refractivity contribution in [3.8, 4) is 11.1 Å². The molecule has 6 heteroatoms. The summed E-state index contributed by atoms with van der Waals surface area (Å²) in [6.45, 7) is 4.89. The number of aryl methyl sites for hydroxylation is 2. The second kappa shape index (κ2) is 11.3. The van der Waals surface area contributed by atoms with Crippen molar-refractivity contribution in [1.82, 2.24) is 23.9 Å². The summed E-state index contributed by atoms with van der Waals surface area (Å²) >= 11 is 0.